The van der Waals surface area contributed by atoms with Crippen LogP contribution in [0.25, 0.3) is 0 Å². The molecule has 3 aromatic rings. The zero-order chi connectivity index (χ0) is 26.0. The first-order valence-corrected chi connectivity index (χ1v) is 12.2. The first kappa shape index (κ1) is 25.1. The van der Waals surface area contributed by atoms with E-state index >= 15 is 0 Å². The van der Waals surface area contributed by atoms with Gasteiger partial charge in [-0.25, -0.2) is 13.2 Å². The van der Waals surface area contributed by atoms with Crippen LogP contribution in [0.15, 0.2) is 60.7 Å². The summed E-state index contributed by atoms with van der Waals surface area (Å²) in [6, 6.07) is 15.4. The van der Waals surface area contributed by atoms with Crippen LogP contribution in [0.3, 0.4) is 0 Å². The fourth-order valence-corrected chi connectivity index (χ4v) is 5.05. The van der Waals surface area contributed by atoms with Gasteiger partial charge in [0.2, 0.25) is 0 Å². The number of anilines is 2. The minimum Gasteiger partial charge on any atom is -0.491 e. The molecule has 0 atom stereocenters. The van der Waals surface area contributed by atoms with Crippen molar-refractivity contribution in [1.82, 2.24) is 4.90 Å². The van der Waals surface area contributed by atoms with E-state index in [1.54, 1.807) is 18.1 Å². The zero-order valence-corrected chi connectivity index (χ0v) is 20.5. The van der Waals surface area contributed by atoms with Crippen LogP contribution in [-0.4, -0.2) is 49.9 Å². The quantitative estimate of drug-likeness (QED) is 0.443. The maximum absolute atomic E-state index is 14.1. The van der Waals surface area contributed by atoms with Crippen LogP contribution in [0, 0.1) is 17.5 Å². The molecule has 0 aliphatic carbocycles. The molecule has 0 unspecified atom stereocenters. The largest absolute Gasteiger partial charge is 0.491 e. The maximum Gasteiger partial charge on any atom is 0.262 e. The van der Waals surface area contributed by atoms with Crippen molar-refractivity contribution < 1.29 is 27.4 Å². The molecular weight excluding hydrogens is 483 g/mol. The minimum absolute atomic E-state index is 0.212. The van der Waals surface area contributed by atoms with Crippen LogP contribution in [0.1, 0.15) is 28.8 Å². The third-order valence-corrected chi connectivity index (χ3v) is 6.94. The van der Waals surface area contributed by atoms with Gasteiger partial charge < -0.3 is 14.8 Å². The van der Waals surface area contributed by atoms with E-state index in [2.05, 4.69) is 10.2 Å². The molecule has 9 heteroatoms. The molecule has 0 saturated carbocycles. The van der Waals surface area contributed by atoms with Gasteiger partial charge in [-0.2, -0.15) is 0 Å². The van der Waals surface area contributed by atoms with Crippen LogP contribution in [-0.2, 0) is 11.3 Å². The fourth-order valence-electron chi connectivity index (χ4n) is 5.05. The van der Waals surface area contributed by atoms with Gasteiger partial charge in [0.05, 0.1) is 17.9 Å². The smallest absolute Gasteiger partial charge is 0.262 e. The summed E-state index contributed by atoms with van der Waals surface area (Å²) in [5.74, 6) is -1.71. The summed E-state index contributed by atoms with van der Waals surface area (Å²) in [5, 5.41) is 3.47. The van der Waals surface area contributed by atoms with E-state index in [0.29, 0.717) is 73.9 Å². The Kier molecular flexibility index (Phi) is 7.08. The summed E-state index contributed by atoms with van der Waals surface area (Å²) in [6.45, 7) is 2.53. The van der Waals surface area contributed by atoms with Gasteiger partial charge in [0, 0.05) is 45.3 Å². The Hall–Kier alpha value is -3.56. The number of nitrogens with zero attached hydrogens (tertiary/aromatic N) is 2. The lowest BCUT2D eigenvalue weighted by molar-refractivity contribution is 0.0903. The number of benzene rings is 3. The Labute approximate surface area is 213 Å². The standard InChI is InChI=1S/C28H28F3N3O3/c1-36-14-15-37-22-6-4-21(5-7-22)34-27(35)23-8-3-20(29)17-26(23)32-28(34)10-12-33(13-11-28)18-19-2-9-24(30)25(31)16-19/h2-9,16-17,32H,10-15,18H2,1H3. The maximum atomic E-state index is 14.1. The van der Waals surface area contributed by atoms with Gasteiger partial charge in [-0.05, 0) is 60.2 Å². The van der Waals surface area contributed by atoms with Gasteiger partial charge in [-0.15, -0.1) is 0 Å². The highest BCUT2D eigenvalue weighted by molar-refractivity contribution is 6.12. The highest BCUT2D eigenvalue weighted by Crippen LogP contribution is 2.41. The number of nitrogens with one attached hydrogen (secondary N) is 1. The lowest BCUT2D eigenvalue weighted by atomic mass is 9.89. The van der Waals surface area contributed by atoms with Gasteiger partial charge in [-0.3, -0.25) is 14.6 Å². The number of carbonyl (C=O) groups is 1. The number of fused-ring (bicyclic) bond motifs is 1. The van der Waals surface area contributed by atoms with E-state index in [-0.39, 0.29) is 5.91 Å². The molecule has 6 nitrogen and oxygen atoms in total. The van der Waals surface area contributed by atoms with Crippen molar-refractivity contribution >= 4 is 17.3 Å². The second kappa shape index (κ2) is 10.4. The Morgan fingerprint density at radius 2 is 1.68 bits per heavy atom. The summed E-state index contributed by atoms with van der Waals surface area (Å²) in [5.41, 5.74) is 1.46. The highest BCUT2D eigenvalue weighted by Gasteiger charge is 2.47. The number of halogens is 3. The SMILES string of the molecule is COCCOc1ccc(N2C(=O)c3ccc(F)cc3NC23CCN(Cc2ccc(F)c(F)c2)CC3)cc1. The number of piperidine rings is 1. The van der Waals surface area contributed by atoms with Gasteiger partial charge in [0.25, 0.3) is 5.91 Å². The number of methoxy groups -OCH3 is 1. The van der Waals surface area contributed by atoms with Gasteiger partial charge in [-0.1, -0.05) is 6.07 Å². The Balaban J connectivity index is 1.40. The molecule has 0 bridgehead atoms. The van der Waals surface area contributed by atoms with Gasteiger partial charge >= 0.3 is 0 Å². The molecule has 2 aliphatic heterocycles. The topological polar surface area (TPSA) is 54.0 Å². The average Bonchev–Trinajstić information content (AvgIpc) is 2.88. The summed E-state index contributed by atoms with van der Waals surface area (Å²) in [6.07, 6.45) is 1.09. The summed E-state index contributed by atoms with van der Waals surface area (Å²) >= 11 is 0. The number of carbonyl (C=O) groups excluding carboxylic acids is 1. The number of amides is 1. The van der Waals surface area contributed by atoms with Crippen molar-refractivity contribution in [1.29, 1.82) is 0 Å². The molecule has 1 saturated heterocycles. The summed E-state index contributed by atoms with van der Waals surface area (Å²) < 4.78 is 51.8. The van der Waals surface area contributed by atoms with Crippen molar-refractivity contribution in [2.75, 3.05) is 43.6 Å². The number of rotatable bonds is 7. The van der Waals surface area contributed by atoms with Crippen LogP contribution >= 0.6 is 0 Å². The van der Waals surface area contributed by atoms with E-state index in [0.717, 1.165) is 6.07 Å². The number of hydrogen-bond acceptors (Lipinski definition) is 5. The number of likely N-dealkylation sites (tertiary alicyclic amines) is 1. The lowest BCUT2D eigenvalue weighted by Crippen LogP contribution is -2.64. The van der Waals surface area contributed by atoms with Crippen LogP contribution in [0.2, 0.25) is 0 Å². The predicted octanol–water partition coefficient (Wildman–Crippen LogP) is 5.19. The molecule has 1 amide bonds. The summed E-state index contributed by atoms with van der Waals surface area (Å²) in [4.78, 5) is 17.7. The van der Waals surface area contributed by atoms with E-state index in [1.807, 2.05) is 24.3 Å². The minimum atomic E-state index is -0.872. The predicted molar refractivity (Wildman–Crippen MR) is 134 cm³/mol. The third kappa shape index (κ3) is 5.14. The van der Waals surface area contributed by atoms with Crippen molar-refractivity contribution in [3.63, 3.8) is 0 Å². The van der Waals surface area contributed by atoms with Crippen molar-refractivity contribution in [2.24, 2.45) is 0 Å². The van der Waals surface area contributed by atoms with Crippen molar-refractivity contribution in [2.45, 2.75) is 25.0 Å². The van der Waals surface area contributed by atoms with Gasteiger partial charge in [0.15, 0.2) is 11.6 Å². The molecule has 5 rings (SSSR count). The normalized spacial score (nSPS) is 17.0. The average molecular weight is 512 g/mol. The molecular formula is C28H28F3N3O3. The van der Waals surface area contributed by atoms with Crippen LogP contribution in [0.4, 0.5) is 24.5 Å². The molecule has 2 aliphatic rings. The molecule has 1 N–H and O–H groups in total. The van der Waals surface area contributed by atoms with Crippen molar-refractivity contribution in [3.8, 4) is 5.75 Å². The van der Waals surface area contributed by atoms with Crippen molar-refractivity contribution in [3.05, 3.63) is 89.2 Å². The molecule has 37 heavy (non-hydrogen) atoms. The van der Waals surface area contributed by atoms with Crippen LogP contribution < -0.4 is 15.0 Å². The Bertz CT molecular complexity index is 1280. The second-order valence-corrected chi connectivity index (χ2v) is 9.35. The highest BCUT2D eigenvalue weighted by atomic mass is 19.2. The lowest BCUT2D eigenvalue weighted by Gasteiger charge is -2.52. The number of hydrogen-bond donors (Lipinski definition) is 1. The molecule has 1 fully saturated rings. The summed E-state index contributed by atoms with van der Waals surface area (Å²) in [7, 11) is 1.60. The van der Waals surface area contributed by atoms with E-state index in [1.165, 1.54) is 24.3 Å². The van der Waals surface area contributed by atoms with E-state index < -0.39 is 23.1 Å². The molecule has 194 valence electrons. The molecule has 2 heterocycles. The molecule has 3 aromatic carbocycles. The Morgan fingerprint density at radius 1 is 0.919 bits per heavy atom. The van der Waals surface area contributed by atoms with Crippen LogP contribution in [0.5, 0.6) is 5.75 Å². The van der Waals surface area contributed by atoms with E-state index in [9.17, 15) is 18.0 Å². The Morgan fingerprint density at radius 3 is 2.38 bits per heavy atom. The second-order valence-electron chi connectivity index (χ2n) is 9.35. The van der Waals surface area contributed by atoms with E-state index in [4.69, 9.17) is 9.47 Å². The van der Waals surface area contributed by atoms with Gasteiger partial charge in [0.1, 0.15) is 23.8 Å². The zero-order valence-electron chi connectivity index (χ0n) is 20.5. The molecule has 1 spiro atoms. The first-order valence-electron chi connectivity index (χ1n) is 12.2. The first-order chi connectivity index (χ1) is 17.9. The third-order valence-electron chi connectivity index (χ3n) is 6.94. The molecule has 0 aromatic heterocycles. The molecule has 0 radical (unpaired) electrons. The monoisotopic (exact) mass is 511 g/mol. The fraction of sp³-hybridized carbons (Fsp3) is 0.321. The number of ether oxygens (including phenoxy) is 2.